The van der Waals surface area contributed by atoms with Gasteiger partial charge in [0.2, 0.25) is 0 Å². The van der Waals surface area contributed by atoms with Gasteiger partial charge < -0.3 is 10.0 Å². The minimum atomic E-state index is -0.290. The molecule has 1 N–H and O–H groups in total. The minimum absolute atomic E-state index is 0.0879. The van der Waals surface area contributed by atoms with Crippen LogP contribution in [0.4, 0.5) is 0 Å². The number of aryl methyl sites for hydroxylation is 1. The van der Waals surface area contributed by atoms with Gasteiger partial charge in [0.15, 0.2) is 5.13 Å². The van der Waals surface area contributed by atoms with Crippen LogP contribution in [-0.2, 0) is 0 Å². The van der Waals surface area contributed by atoms with Crippen molar-refractivity contribution in [3.63, 3.8) is 0 Å². The van der Waals surface area contributed by atoms with Crippen molar-refractivity contribution in [3.05, 3.63) is 34.6 Å². The van der Waals surface area contributed by atoms with Crippen LogP contribution in [0.5, 0.6) is 0 Å². The molecule has 0 bridgehead atoms. The molecule has 2 aromatic rings. The summed E-state index contributed by atoms with van der Waals surface area (Å²) in [6.45, 7) is 7.25. The molecule has 124 valence electrons. The van der Waals surface area contributed by atoms with Crippen molar-refractivity contribution < 1.29 is 9.90 Å². The molecule has 23 heavy (non-hydrogen) atoms. The number of piperidine rings is 1. The number of aliphatic hydroxyl groups excluding tert-OH is 1. The SMILES string of the molecule is Cc1cc(C(=O)N2CCC(C(C)O)CC2)c(C)n1-c1nccs1. The molecule has 2 aromatic heterocycles. The average Bonchev–Trinajstić information content (AvgIpc) is 3.14. The Hall–Kier alpha value is -1.66. The summed E-state index contributed by atoms with van der Waals surface area (Å²) >= 11 is 1.57. The molecule has 1 atom stereocenters. The molecule has 6 heteroatoms. The van der Waals surface area contributed by atoms with Gasteiger partial charge in [0, 0.05) is 36.1 Å². The normalized spacial score (nSPS) is 17.5. The zero-order valence-electron chi connectivity index (χ0n) is 13.8. The smallest absolute Gasteiger partial charge is 0.255 e. The van der Waals surface area contributed by atoms with Crippen LogP contribution in [-0.4, -0.2) is 44.7 Å². The van der Waals surface area contributed by atoms with Gasteiger partial charge in [-0.25, -0.2) is 4.98 Å². The van der Waals surface area contributed by atoms with E-state index in [1.807, 2.05) is 41.7 Å². The van der Waals surface area contributed by atoms with Gasteiger partial charge in [-0.2, -0.15) is 0 Å². The number of carbonyl (C=O) groups is 1. The number of amides is 1. The second kappa shape index (κ2) is 6.45. The van der Waals surface area contributed by atoms with E-state index in [1.165, 1.54) is 0 Å². The molecule has 0 radical (unpaired) electrons. The Kier molecular flexibility index (Phi) is 4.55. The van der Waals surface area contributed by atoms with E-state index in [1.54, 1.807) is 17.5 Å². The van der Waals surface area contributed by atoms with Crippen molar-refractivity contribution in [2.45, 2.75) is 39.7 Å². The maximum atomic E-state index is 12.9. The van der Waals surface area contributed by atoms with Crippen molar-refractivity contribution in [2.75, 3.05) is 13.1 Å². The molecular formula is C17H23N3O2S. The number of likely N-dealkylation sites (tertiary alicyclic amines) is 1. The first kappa shape index (κ1) is 16.2. The third-order valence-electron chi connectivity index (χ3n) is 4.78. The van der Waals surface area contributed by atoms with Gasteiger partial charge in [-0.15, -0.1) is 11.3 Å². The monoisotopic (exact) mass is 333 g/mol. The highest BCUT2D eigenvalue weighted by Gasteiger charge is 2.28. The lowest BCUT2D eigenvalue weighted by Gasteiger charge is -2.33. The third-order valence-corrected chi connectivity index (χ3v) is 5.54. The Morgan fingerprint density at radius 3 is 2.65 bits per heavy atom. The molecule has 0 saturated carbocycles. The molecule has 1 unspecified atom stereocenters. The maximum Gasteiger partial charge on any atom is 0.255 e. The molecule has 1 fully saturated rings. The molecule has 0 spiro atoms. The van der Waals surface area contributed by atoms with E-state index in [-0.39, 0.29) is 12.0 Å². The summed E-state index contributed by atoms with van der Waals surface area (Å²) in [5, 5.41) is 12.5. The molecular weight excluding hydrogens is 310 g/mol. The summed E-state index contributed by atoms with van der Waals surface area (Å²) in [5.41, 5.74) is 2.73. The molecule has 1 amide bonds. The Bertz CT molecular complexity index is 683. The topological polar surface area (TPSA) is 58.4 Å². The molecule has 0 aromatic carbocycles. The molecule has 3 heterocycles. The Morgan fingerprint density at radius 2 is 2.09 bits per heavy atom. The Morgan fingerprint density at radius 1 is 1.39 bits per heavy atom. The number of rotatable bonds is 3. The van der Waals surface area contributed by atoms with Gasteiger partial charge in [-0.3, -0.25) is 9.36 Å². The molecule has 1 aliphatic rings. The van der Waals surface area contributed by atoms with E-state index in [9.17, 15) is 9.90 Å². The largest absolute Gasteiger partial charge is 0.393 e. The summed E-state index contributed by atoms with van der Waals surface area (Å²) in [6.07, 6.45) is 3.23. The fraction of sp³-hybridized carbons (Fsp3) is 0.529. The van der Waals surface area contributed by atoms with Crippen molar-refractivity contribution in [1.29, 1.82) is 0 Å². The molecule has 1 saturated heterocycles. The van der Waals surface area contributed by atoms with E-state index in [0.717, 1.165) is 48.0 Å². The summed E-state index contributed by atoms with van der Waals surface area (Å²) < 4.78 is 2.04. The predicted octanol–water partition coefficient (Wildman–Crippen LogP) is 2.78. The minimum Gasteiger partial charge on any atom is -0.393 e. The highest BCUT2D eigenvalue weighted by Crippen LogP contribution is 2.26. The van der Waals surface area contributed by atoms with E-state index in [0.29, 0.717) is 5.92 Å². The lowest BCUT2D eigenvalue weighted by Crippen LogP contribution is -2.40. The number of aromatic nitrogens is 2. The van der Waals surface area contributed by atoms with E-state index >= 15 is 0 Å². The van der Waals surface area contributed by atoms with Gasteiger partial charge in [-0.1, -0.05) is 0 Å². The van der Waals surface area contributed by atoms with Crippen molar-refractivity contribution in [1.82, 2.24) is 14.5 Å². The van der Waals surface area contributed by atoms with Crippen LogP contribution < -0.4 is 0 Å². The molecule has 3 rings (SSSR count). The fourth-order valence-corrected chi connectivity index (χ4v) is 4.11. The van der Waals surface area contributed by atoms with Crippen molar-refractivity contribution in [3.8, 4) is 5.13 Å². The quantitative estimate of drug-likeness (QED) is 0.939. The van der Waals surface area contributed by atoms with Crippen LogP contribution in [0.2, 0.25) is 0 Å². The summed E-state index contributed by atoms with van der Waals surface area (Å²) in [5.74, 6) is 0.395. The van der Waals surface area contributed by atoms with Crippen molar-refractivity contribution >= 4 is 17.2 Å². The standard InChI is InChI=1S/C17H23N3O2S/c1-11-10-15(12(2)20(11)17-18-6-9-23-17)16(22)19-7-4-14(5-8-19)13(3)21/h6,9-10,13-14,21H,4-5,7-8H2,1-3H3. The Balaban J connectivity index is 1.80. The summed E-state index contributed by atoms with van der Waals surface area (Å²) in [4.78, 5) is 19.1. The highest BCUT2D eigenvalue weighted by molar-refractivity contribution is 7.12. The predicted molar refractivity (Wildman–Crippen MR) is 91.2 cm³/mol. The first-order valence-electron chi connectivity index (χ1n) is 8.05. The van der Waals surface area contributed by atoms with E-state index in [2.05, 4.69) is 4.98 Å². The first-order chi connectivity index (χ1) is 11.0. The number of nitrogens with zero attached hydrogens (tertiary/aromatic N) is 3. The fourth-order valence-electron chi connectivity index (χ4n) is 3.36. The first-order valence-corrected chi connectivity index (χ1v) is 8.93. The van der Waals surface area contributed by atoms with Crippen LogP contribution in [0.25, 0.3) is 5.13 Å². The second-order valence-corrected chi connectivity index (χ2v) is 7.18. The molecule has 1 aliphatic heterocycles. The zero-order chi connectivity index (χ0) is 16.6. The lowest BCUT2D eigenvalue weighted by molar-refractivity contribution is 0.0521. The van der Waals surface area contributed by atoms with E-state index < -0.39 is 0 Å². The van der Waals surface area contributed by atoms with Crippen molar-refractivity contribution in [2.24, 2.45) is 5.92 Å². The van der Waals surface area contributed by atoms with E-state index in [4.69, 9.17) is 0 Å². The van der Waals surface area contributed by atoms with Gasteiger partial charge in [0.1, 0.15) is 0 Å². The number of thiazole rings is 1. The van der Waals surface area contributed by atoms with Crippen LogP contribution in [0, 0.1) is 19.8 Å². The number of carbonyl (C=O) groups excluding carboxylic acids is 1. The highest BCUT2D eigenvalue weighted by atomic mass is 32.1. The van der Waals surface area contributed by atoms with Crippen LogP contribution in [0.1, 0.15) is 41.5 Å². The second-order valence-electron chi connectivity index (χ2n) is 6.31. The van der Waals surface area contributed by atoms with Gasteiger partial charge in [-0.05, 0) is 45.6 Å². The van der Waals surface area contributed by atoms with Crippen LogP contribution >= 0.6 is 11.3 Å². The van der Waals surface area contributed by atoms with Gasteiger partial charge in [0.05, 0.1) is 11.7 Å². The molecule has 5 nitrogen and oxygen atoms in total. The maximum absolute atomic E-state index is 12.9. The lowest BCUT2D eigenvalue weighted by atomic mass is 9.92. The number of hydrogen-bond acceptors (Lipinski definition) is 4. The van der Waals surface area contributed by atoms with Crippen LogP contribution in [0.15, 0.2) is 17.6 Å². The average molecular weight is 333 g/mol. The number of hydrogen-bond donors (Lipinski definition) is 1. The van der Waals surface area contributed by atoms with Gasteiger partial charge >= 0.3 is 0 Å². The van der Waals surface area contributed by atoms with Crippen LogP contribution in [0.3, 0.4) is 0 Å². The summed E-state index contributed by atoms with van der Waals surface area (Å²) in [7, 11) is 0. The summed E-state index contributed by atoms with van der Waals surface area (Å²) in [6, 6.07) is 1.96. The number of aliphatic hydroxyl groups is 1. The molecule has 0 aliphatic carbocycles. The van der Waals surface area contributed by atoms with Gasteiger partial charge in [0.25, 0.3) is 5.91 Å². The third kappa shape index (κ3) is 3.05. The Labute approximate surface area is 140 Å². The zero-order valence-corrected chi connectivity index (χ0v) is 14.6.